The van der Waals surface area contributed by atoms with Crippen LogP contribution >= 0.6 is 0 Å². The SMILES string of the molecule is CCN(C(=O)COc1ccc(CC(N)=O)cc1)c1c(C)[nH]c2c(F)ccc(C)c12. The summed E-state index contributed by atoms with van der Waals surface area (Å²) in [5.41, 5.74) is 8.63. The number of aryl methyl sites for hydroxylation is 2. The quantitative estimate of drug-likeness (QED) is 0.641. The highest BCUT2D eigenvalue weighted by Crippen LogP contribution is 2.34. The van der Waals surface area contributed by atoms with Crippen molar-refractivity contribution in [3.8, 4) is 5.75 Å². The van der Waals surface area contributed by atoms with E-state index in [-0.39, 0.29) is 24.8 Å². The first-order valence-electron chi connectivity index (χ1n) is 9.39. The summed E-state index contributed by atoms with van der Waals surface area (Å²) in [4.78, 5) is 28.5. The van der Waals surface area contributed by atoms with Gasteiger partial charge in [-0.3, -0.25) is 9.59 Å². The number of carbonyl (C=O) groups is 2. The predicted molar refractivity (Wildman–Crippen MR) is 111 cm³/mol. The molecule has 152 valence electrons. The van der Waals surface area contributed by atoms with E-state index >= 15 is 0 Å². The number of nitrogens with zero attached hydrogens (tertiary/aromatic N) is 1. The molecule has 3 rings (SSSR count). The molecule has 0 aliphatic rings. The third-order valence-electron chi connectivity index (χ3n) is 4.82. The third kappa shape index (κ3) is 4.23. The predicted octanol–water partition coefficient (Wildman–Crippen LogP) is 3.38. The maximum absolute atomic E-state index is 14.2. The van der Waals surface area contributed by atoms with Crippen LogP contribution < -0.4 is 15.4 Å². The number of nitrogens with one attached hydrogen (secondary N) is 1. The van der Waals surface area contributed by atoms with Crippen LogP contribution in [0.2, 0.25) is 0 Å². The van der Waals surface area contributed by atoms with Crippen LogP contribution in [0, 0.1) is 19.7 Å². The van der Waals surface area contributed by atoms with Gasteiger partial charge in [0.15, 0.2) is 6.61 Å². The summed E-state index contributed by atoms with van der Waals surface area (Å²) >= 11 is 0. The Morgan fingerprint density at radius 1 is 1.14 bits per heavy atom. The topological polar surface area (TPSA) is 88.4 Å². The lowest BCUT2D eigenvalue weighted by atomic mass is 10.1. The van der Waals surface area contributed by atoms with Crippen molar-refractivity contribution in [3.05, 3.63) is 59.0 Å². The van der Waals surface area contributed by atoms with E-state index in [1.807, 2.05) is 20.8 Å². The number of anilines is 1. The molecule has 1 aromatic heterocycles. The van der Waals surface area contributed by atoms with E-state index in [2.05, 4.69) is 4.98 Å². The van der Waals surface area contributed by atoms with Crippen molar-refractivity contribution >= 4 is 28.4 Å². The van der Waals surface area contributed by atoms with Gasteiger partial charge in [-0.25, -0.2) is 4.39 Å². The number of nitrogens with two attached hydrogens (primary N) is 1. The molecule has 0 atom stereocenters. The Labute approximate surface area is 168 Å². The average molecular weight is 397 g/mol. The molecular weight excluding hydrogens is 373 g/mol. The zero-order valence-corrected chi connectivity index (χ0v) is 16.7. The molecule has 0 unspecified atom stereocenters. The van der Waals surface area contributed by atoms with Crippen molar-refractivity contribution in [2.45, 2.75) is 27.2 Å². The standard InChI is InChI=1S/C22H24FN3O3/c1-4-26(22-14(3)25-21-17(23)10-5-13(2)20(21)22)19(28)12-29-16-8-6-15(7-9-16)11-18(24)27/h5-10,25H,4,11-12H2,1-3H3,(H2,24,27). The second-order valence-electron chi connectivity index (χ2n) is 6.93. The Bertz CT molecular complexity index is 1060. The number of amides is 2. The molecule has 0 aliphatic heterocycles. The lowest BCUT2D eigenvalue weighted by Crippen LogP contribution is -2.35. The summed E-state index contributed by atoms with van der Waals surface area (Å²) in [5.74, 6) is -0.481. The second kappa shape index (κ2) is 8.34. The number of hydrogen-bond donors (Lipinski definition) is 2. The second-order valence-corrected chi connectivity index (χ2v) is 6.93. The van der Waals surface area contributed by atoms with Crippen LogP contribution in [0.1, 0.15) is 23.7 Å². The minimum absolute atomic E-state index is 0.151. The van der Waals surface area contributed by atoms with Gasteiger partial charge in [-0.15, -0.1) is 0 Å². The fourth-order valence-electron chi connectivity index (χ4n) is 3.47. The molecule has 0 saturated heterocycles. The van der Waals surface area contributed by atoms with Crippen LogP contribution in [0.15, 0.2) is 36.4 Å². The molecule has 0 aliphatic carbocycles. The van der Waals surface area contributed by atoms with Gasteiger partial charge in [0, 0.05) is 17.6 Å². The van der Waals surface area contributed by atoms with Crippen LogP contribution in [0.25, 0.3) is 10.9 Å². The Hall–Kier alpha value is -3.35. The fraction of sp³-hybridized carbons (Fsp3) is 0.273. The number of halogens is 1. The van der Waals surface area contributed by atoms with Gasteiger partial charge < -0.3 is 20.4 Å². The number of aromatic amines is 1. The smallest absolute Gasteiger partial charge is 0.264 e. The van der Waals surface area contributed by atoms with Gasteiger partial charge in [-0.2, -0.15) is 0 Å². The number of ether oxygens (including phenoxy) is 1. The van der Waals surface area contributed by atoms with E-state index in [0.29, 0.717) is 28.9 Å². The minimum atomic E-state index is -0.409. The average Bonchev–Trinajstić information content (AvgIpc) is 3.03. The van der Waals surface area contributed by atoms with E-state index in [0.717, 1.165) is 16.8 Å². The molecule has 29 heavy (non-hydrogen) atoms. The van der Waals surface area contributed by atoms with Crippen LogP contribution in [-0.4, -0.2) is 29.9 Å². The highest BCUT2D eigenvalue weighted by Gasteiger charge is 2.23. The Morgan fingerprint density at radius 2 is 1.83 bits per heavy atom. The van der Waals surface area contributed by atoms with Crippen LogP contribution in [-0.2, 0) is 16.0 Å². The molecule has 1 heterocycles. The molecule has 0 spiro atoms. The molecule has 3 N–H and O–H groups in total. The summed E-state index contributed by atoms with van der Waals surface area (Å²) in [6, 6.07) is 9.98. The number of rotatable bonds is 7. The van der Waals surface area contributed by atoms with Crippen LogP contribution in [0.3, 0.4) is 0 Å². The summed E-state index contributed by atoms with van der Waals surface area (Å²) in [6.07, 6.45) is 0.151. The van der Waals surface area contributed by atoms with Crippen molar-refractivity contribution in [3.63, 3.8) is 0 Å². The van der Waals surface area contributed by atoms with E-state index in [1.165, 1.54) is 6.07 Å². The number of hydrogen-bond acceptors (Lipinski definition) is 3. The molecule has 0 saturated carbocycles. The molecule has 3 aromatic rings. The van der Waals surface area contributed by atoms with Gasteiger partial charge in [-0.1, -0.05) is 18.2 Å². The molecule has 2 aromatic carbocycles. The number of carbonyl (C=O) groups excluding carboxylic acids is 2. The number of primary amides is 1. The lowest BCUT2D eigenvalue weighted by molar-refractivity contribution is -0.120. The van der Waals surface area contributed by atoms with E-state index in [4.69, 9.17) is 10.5 Å². The zero-order chi connectivity index (χ0) is 21.1. The van der Waals surface area contributed by atoms with E-state index < -0.39 is 5.91 Å². The van der Waals surface area contributed by atoms with Crippen LogP contribution in [0.4, 0.5) is 10.1 Å². The van der Waals surface area contributed by atoms with Crippen LogP contribution in [0.5, 0.6) is 5.75 Å². The number of fused-ring (bicyclic) bond motifs is 1. The highest BCUT2D eigenvalue weighted by atomic mass is 19.1. The Morgan fingerprint density at radius 3 is 2.45 bits per heavy atom. The largest absolute Gasteiger partial charge is 0.484 e. The maximum Gasteiger partial charge on any atom is 0.264 e. The zero-order valence-electron chi connectivity index (χ0n) is 16.7. The van der Waals surface area contributed by atoms with Crippen molar-refractivity contribution < 1.29 is 18.7 Å². The summed E-state index contributed by atoms with van der Waals surface area (Å²) in [6.45, 7) is 5.83. The van der Waals surface area contributed by atoms with E-state index in [1.54, 1.807) is 35.2 Å². The fourth-order valence-corrected chi connectivity index (χ4v) is 3.47. The molecule has 7 heteroatoms. The molecule has 0 radical (unpaired) electrons. The molecule has 0 fully saturated rings. The first-order chi connectivity index (χ1) is 13.8. The summed E-state index contributed by atoms with van der Waals surface area (Å²) in [7, 11) is 0. The van der Waals surface area contributed by atoms with Gasteiger partial charge in [-0.05, 0) is 50.1 Å². The number of aromatic nitrogens is 1. The van der Waals surface area contributed by atoms with Crippen molar-refractivity contribution in [1.82, 2.24) is 4.98 Å². The van der Waals surface area contributed by atoms with Gasteiger partial charge in [0.2, 0.25) is 5.91 Å². The van der Waals surface area contributed by atoms with E-state index in [9.17, 15) is 14.0 Å². The first-order valence-corrected chi connectivity index (χ1v) is 9.39. The number of likely N-dealkylation sites (N-methyl/N-ethyl adjacent to an activating group) is 1. The van der Waals surface area contributed by atoms with Gasteiger partial charge in [0.1, 0.15) is 11.6 Å². The Kier molecular flexibility index (Phi) is 5.87. The lowest BCUT2D eigenvalue weighted by Gasteiger charge is -2.22. The van der Waals surface area contributed by atoms with Crippen molar-refractivity contribution in [2.24, 2.45) is 5.73 Å². The maximum atomic E-state index is 14.2. The highest BCUT2D eigenvalue weighted by molar-refractivity contribution is 6.06. The summed E-state index contributed by atoms with van der Waals surface area (Å²) in [5, 5.41) is 0.702. The number of H-pyrrole nitrogens is 1. The van der Waals surface area contributed by atoms with Crippen molar-refractivity contribution in [2.75, 3.05) is 18.1 Å². The Balaban J connectivity index is 1.80. The first kappa shape index (κ1) is 20.4. The van der Waals surface area contributed by atoms with Gasteiger partial charge >= 0.3 is 0 Å². The molecular formula is C22H24FN3O3. The third-order valence-corrected chi connectivity index (χ3v) is 4.82. The van der Waals surface area contributed by atoms with Crippen molar-refractivity contribution in [1.29, 1.82) is 0 Å². The number of benzene rings is 2. The minimum Gasteiger partial charge on any atom is -0.484 e. The normalized spacial score (nSPS) is 10.9. The molecule has 0 bridgehead atoms. The molecule has 6 nitrogen and oxygen atoms in total. The molecule has 2 amide bonds. The monoisotopic (exact) mass is 397 g/mol. The van der Waals surface area contributed by atoms with Gasteiger partial charge in [0.05, 0.1) is 17.6 Å². The summed E-state index contributed by atoms with van der Waals surface area (Å²) < 4.78 is 19.8. The van der Waals surface area contributed by atoms with Gasteiger partial charge in [0.25, 0.3) is 5.91 Å².